The van der Waals surface area contributed by atoms with Crippen LogP contribution in [0.4, 0.5) is 0 Å². The van der Waals surface area contributed by atoms with Crippen LogP contribution in [0.25, 0.3) is 0 Å². The van der Waals surface area contributed by atoms with Crippen LogP contribution in [0.2, 0.25) is 0 Å². The maximum atomic E-state index is 13.0. The molecular weight excluding hydrogens is 318 g/mol. The van der Waals surface area contributed by atoms with Crippen molar-refractivity contribution in [1.82, 2.24) is 15.1 Å². The van der Waals surface area contributed by atoms with Crippen molar-refractivity contribution in [1.29, 1.82) is 0 Å². The van der Waals surface area contributed by atoms with Gasteiger partial charge in [-0.2, -0.15) is 0 Å². The molecule has 0 aromatic rings. The van der Waals surface area contributed by atoms with Crippen molar-refractivity contribution in [2.45, 2.75) is 51.5 Å². The Bertz CT molecular complexity index is 459. The lowest BCUT2D eigenvalue weighted by Crippen LogP contribution is -2.55. The van der Waals surface area contributed by atoms with Gasteiger partial charge in [0.25, 0.3) is 0 Å². The van der Waals surface area contributed by atoms with E-state index in [2.05, 4.69) is 12.2 Å². The molecule has 3 rings (SSSR count). The number of likely N-dealkylation sites (tertiary alicyclic amines) is 1. The molecule has 0 radical (unpaired) electrons. The summed E-state index contributed by atoms with van der Waals surface area (Å²) in [4.78, 5) is 29.7. The summed E-state index contributed by atoms with van der Waals surface area (Å²) in [5.74, 6) is 1.34. The van der Waals surface area contributed by atoms with E-state index in [1.165, 1.54) is 0 Å². The van der Waals surface area contributed by atoms with Crippen molar-refractivity contribution in [2.24, 2.45) is 11.8 Å². The molecule has 3 aliphatic rings. The summed E-state index contributed by atoms with van der Waals surface area (Å²) in [7, 11) is 0. The highest BCUT2D eigenvalue weighted by atomic mass is 16.5. The fourth-order valence-corrected chi connectivity index (χ4v) is 4.45. The summed E-state index contributed by atoms with van der Waals surface area (Å²) in [5, 5.41) is 3.39. The third-order valence-corrected chi connectivity index (χ3v) is 6.12. The number of rotatable bonds is 4. The molecule has 0 aromatic carbocycles. The van der Waals surface area contributed by atoms with Gasteiger partial charge in [-0.25, -0.2) is 0 Å². The fourth-order valence-electron chi connectivity index (χ4n) is 4.45. The van der Waals surface area contributed by atoms with Crippen LogP contribution in [-0.2, 0) is 14.3 Å². The molecule has 0 spiro atoms. The van der Waals surface area contributed by atoms with E-state index in [9.17, 15) is 9.59 Å². The zero-order chi connectivity index (χ0) is 17.6. The van der Waals surface area contributed by atoms with Gasteiger partial charge < -0.3 is 19.9 Å². The molecule has 6 nitrogen and oxygen atoms in total. The van der Waals surface area contributed by atoms with Crippen molar-refractivity contribution >= 4 is 11.8 Å². The molecule has 0 saturated carbocycles. The Morgan fingerprint density at radius 2 is 1.80 bits per heavy atom. The van der Waals surface area contributed by atoms with Crippen LogP contribution in [0, 0.1) is 11.8 Å². The van der Waals surface area contributed by atoms with Crippen LogP contribution in [0.3, 0.4) is 0 Å². The number of carbonyl (C=O) groups excluding carboxylic acids is 2. The fraction of sp³-hybridized carbons (Fsp3) is 0.895. The summed E-state index contributed by atoms with van der Waals surface area (Å²) in [6.45, 7) is 7.59. The minimum atomic E-state index is -0.250. The minimum absolute atomic E-state index is 0.130. The predicted octanol–water partition coefficient (Wildman–Crippen LogP) is 1.25. The number of hydrogen-bond donors (Lipinski definition) is 1. The molecular formula is C19H33N3O3. The van der Waals surface area contributed by atoms with E-state index < -0.39 is 0 Å². The maximum Gasteiger partial charge on any atom is 0.245 e. The van der Waals surface area contributed by atoms with E-state index in [1.54, 1.807) is 0 Å². The minimum Gasteiger partial charge on any atom is -0.378 e. The van der Waals surface area contributed by atoms with E-state index in [0.29, 0.717) is 44.6 Å². The Morgan fingerprint density at radius 1 is 1.08 bits per heavy atom. The molecule has 3 aliphatic heterocycles. The average Bonchev–Trinajstić information content (AvgIpc) is 2.68. The zero-order valence-electron chi connectivity index (χ0n) is 15.5. The number of carbonyl (C=O) groups is 2. The van der Waals surface area contributed by atoms with Crippen molar-refractivity contribution in [3.8, 4) is 0 Å². The second-order valence-corrected chi connectivity index (χ2v) is 7.81. The lowest BCUT2D eigenvalue weighted by atomic mass is 9.83. The van der Waals surface area contributed by atoms with Crippen molar-refractivity contribution in [3.63, 3.8) is 0 Å². The number of hydrogen-bond acceptors (Lipinski definition) is 4. The number of ether oxygens (including phenoxy) is 1. The molecule has 2 atom stereocenters. The SMILES string of the molecule is CC(CC(=O)N1CCCCC1C(=O)N1CCOCC1)C1CCNCC1. The topological polar surface area (TPSA) is 61.9 Å². The van der Waals surface area contributed by atoms with Crippen LogP contribution in [0.1, 0.15) is 45.4 Å². The smallest absolute Gasteiger partial charge is 0.245 e. The molecule has 6 heteroatoms. The Kier molecular flexibility index (Phi) is 6.70. The Hall–Kier alpha value is -1.14. The molecule has 142 valence electrons. The second kappa shape index (κ2) is 8.99. The van der Waals surface area contributed by atoms with E-state index in [1.807, 2.05) is 9.80 Å². The van der Waals surface area contributed by atoms with Gasteiger partial charge in [0, 0.05) is 26.1 Å². The Balaban J connectivity index is 1.59. The van der Waals surface area contributed by atoms with Gasteiger partial charge in [0.2, 0.25) is 11.8 Å². The second-order valence-electron chi connectivity index (χ2n) is 7.81. The normalized spacial score (nSPS) is 27.2. The average molecular weight is 351 g/mol. The third-order valence-electron chi connectivity index (χ3n) is 6.12. The zero-order valence-corrected chi connectivity index (χ0v) is 15.5. The highest BCUT2D eigenvalue weighted by molar-refractivity contribution is 5.88. The molecule has 3 saturated heterocycles. The van der Waals surface area contributed by atoms with Gasteiger partial charge in [-0.3, -0.25) is 9.59 Å². The van der Waals surface area contributed by atoms with Crippen molar-refractivity contribution in [3.05, 3.63) is 0 Å². The Labute approximate surface area is 151 Å². The molecule has 0 bridgehead atoms. The molecule has 0 aromatic heterocycles. The molecule has 2 unspecified atom stereocenters. The molecule has 3 heterocycles. The number of morpholine rings is 1. The van der Waals surface area contributed by atoms with Gasteiger partial charge in [-0.1, -0.05) is 6.92 Å². The monoisotopic (exact) mass is 351 g/mol. The highest BCUT2D eigenvalue weighted by Gasteiger charge is 2.36. The molecule has 0 aliphatic carbocycles. The van der Waals surface area contributed by atoms with E-state index in [4.69, 9.17) is 4.74 Å². The first-order valence-corrected chi connectivity index (χ1v) is 10.0. The largest absolute Gasteiger partial charge is 0.378 e. The summed E-state index contributed by atoms with van der Waals surface area (Å²) in [5.41, 5.74) is 0. The molecule has 2 amide bonds. The van der Waals surface area contributed by atoms with E-state index >= 15 is 0 Å². The number of nitrogens with zero attached hydrogens (tertiary/aromatic N) is 2. The van der Waals surface area contributed by atoms with Gasteiger partial charge in [-0.05, 0) is 57.0 Å². The van der Waals surface area contributed by atoms with Crippen LogP contribution in [0.5, 0.6) is 0 Å². The molecule has 25 heavy (non-hydrogen) atoms. The van der Waals surface area contributed by atoms with Gasteiger partial charge in [0.05, 0.1) is 13.2 Å². The summed E-state index contributed by atoms with van der Waals surface area (Å²) in [6, 6.07) is -0.250. The van der Waals surface area contributed by atoms with Crippen molar-refractivity contribution < 1.29 is 14.3 Å². The molecule has 1 N–H and O–H groups in total. The Morgan fingerprint density at radius 3 is 2.52 bits per heavy atom. The number of nitrogens with one attached hydrogen (secondary N) is 1. The van der Waals surface area contributed by atoms with Crippen LogP contribution < -0.4 is 5.32 Å². The first kappa shape index (κ1) is 18.6. The number of amides is 2. The highest BCUT2D eigenvalue weighted by Crippen LogP contribution is 2.27. The summed E-state index contributed by atoms with van der Waals surface area (Å²) in [6.07, 6.45) is 5.76. The van der Waals surface area contributed by atoms with Crippen LogP contribution in [-0.4, -0.2) is 73.6 Å². The lowest BCUT2D eigenvalue weighted by molar-refractivity contribution is -0.150. The predicted molar refractivity (Wildman–Crippen MR) is 96.1 cm³/mol. The van der Waals surface area contributed by atoms with Crippen LogP contribution in [0.15, 0.2) is 0 Å². The maximum absolute atomic E-state index is 13.0. The third kappa shape index (κ3) is 4.73. The first-order chi connectivity index (χ1) is 12.2. The number of piperidine rings is 2. The molecule has 3 fully saturated rings. The standard InChI is InChI=1S/C19H33N3O3/c1-15(16-5-7-20-8-6-16)14-18(23)22-9-3-2-4-17(22)19(24)21-10-12-25-13-11-21/h15-17,20H,2-14H2,1H3. The van der Waals surface area contributed by atoms with Gasteiger partial charge in [0.1, 0.15) is 6.04 Å². The quantitative estimate of drug-likeness (QED) is 0.828. The van der Waals surface area contributed by atoms with Crippen molar-refractivity contribution in [2.75, 3.05) is 45.9 Å². The van der Waals surface area contributed by atoms with E-state index in [0.717, 1.165) is 51.7 Å². The van der Waals surface area contributed by atoms with Gasteiger partial charge >= 0.3 is 0 Å². The van der Waals surface area contributed by atoms with Crippen LogP contribution >= 0.6 is 0 Å². The lowest BCUT2D eigenvalue weighted by Gasteiger charge is -2.39. The van der Waals surface area contributed by atoms with Gasteiger partial charge in [0.15, 0.2) is 0 Å². The summed E-state index contributed by atoms with van der Waals surface area (Å²) < 4.78 is 5.35. The van der Waals surface area contributed by atoms with Gasteiger partial charge in [-0.15, -0.1) is 0 Å². The summed E-state index contributed by atoms with van der Waals surface area (Å²) >= 11 is 0. The van der Waals surface area contributed by atoms with E-state index in [-0.39, 0.29) is 17.9 Å². The first-order valence-electron chi connectivity index (χ1n) is 10.0.